The van der Waals surface area contributed by atoms with Gasteiger partial charge in [0.25, 0.3) is 0 Å². The van der Waals surface area contributed by atoms with Crippen molar-refractivity contribution in [2.75, 3.05) is 0 Å². The number of rotatable bonds is 4. The summed E-state index contributed by atoms with van der Waals surface area (Å²) in [6, 6.07) is 5.62. The van der Waals surface area contributed by atoms with E-state index in [-0.39, 0.29) is 5.82 Å². The Labute approximate surface area is 127 Å². The number of nitrogens with one attached hydrogen (secondary N) is 1. The van der Waals surface area contributed by atoms with Gasteiger partial charge >= 0.3 is 0 Å². The van der Waals surface area contributed by atoms with Crippen LogP contribution >= 0.6 is 15.9 Å². The molecule has 20 heavy (non-hydrogen) atoms. The van der Waals surface area contributed by atoms with Crippen molar-refractivity contribution in [3.05, 3.63) is 34.1 Å². The highest BCUT2D eigenvalue weighted by atomic mass is 79.9. The molecule has 3 aliphatic carbocycles. The van der Waals surface area contributed by atoms with E-state index in [1.807, 2.05) is 12.1 Å². The second-order valence-corrected chi connectivity index (χ2v) is 7.65. The van der Waals surface area contributed by atoms with Crippen molar-refractivity contribution in [2.45, 2.75) is 31.7 Å². The van der Waals surface area contributed by atoms with E-state index in [1.54, 1.807) is 0 Å². The van der Waals surface area contributed by atoms with Crippen LogP contribution in [0.2, 0.25) is 0 Å². The Morgan fingerprint density at radius 1 is 1.30 bits per heavy atom. The number of hydrogen-bond donors (Lipinski definition) is 2. The first-order chi connectivity index (χ1) is 9.69. The lowest BCUT2D eigenvalue weighted by Crippen LogP contribution is -2.40. The number of hydrazine groups is 1. The third-order valence-corrected chi connectivity index (χ3v) is 6.52. The molecule has 3 aliphatic rings. The second-order valence-electron chi connectivity index (χ2n) is 6.79. The van der Waals surface area contributed by atoms with Gasteiger partial charge in [-0.3, -0.25) is 11.3 Å². The average Bonchev–Trinajstić information content (AvgIpc) is 2.87. The molecule has 5 atom stereocenters. The molecule has 2 nitrogen and oxygen atoms in total. The fourth-order valence-electron chi connectivity index (χ4n) is 5.16. The van der Waals surface area contributed by atoms with E-state index in [0.717, 1.165) is 41.6 Å². The first kappa shape index (κ1) is 13.2. The summed E-state index contributed by atoms with van der Waals surface area (Å²) in [5.41, 5.74) is 4.19. The maximum Gasteiger partial charge on any atom is 0.137 e. The van der Waals surface area contributed by atoms with Crippen molar-refractivity contribution in [1.29, 1.82) is 0 Å². The van der Waals surface area contributed by atoms with Crippen LogP contribution < -0.4 is 11.3 Å². The van der Waals surface area contributed by atoms with Gasteiger partial charge in [-0.1, -0.05) is 6.07 Å². The van der Waals surface area contributed by atoms with Crippen LogP contribution in [0.5, 0.6) is 0 Å². The number of hydrogen-bond acceptors (Lipinski definition) is 2. The largest absolute Gasteiger partial charge is 0.271 e. The van der Waals surface area contributed by atoms with Gasteiger partial charge in [-0.05, 0) is 88.9 Å². The van der Waals surface area contributed by atoms with Crippen LogP contribution in [0.4, 0.5) is 4.39 Å². The Morgan fingerprint density at radius 3 is 2.60 bits per heavy atom. The van der Waals surface area contributed by atoms with E-state index >= 15 is 0 Å². The highest BCUT2D eigenvalue weighted by Gasteiger charge is 2.66. The van der Waals surface area contributed by atoms with E-state index in [2.05, 4.69) is 21.4 Å². The van der Waals surface area contributed by atoms with Gasteiger partial charge in [0.05, 0.1) is 4.47 Å². The summed E-state index contributed by atoms with van der Waals surface area (Å²) in [5, 5.41) is 0. The van der Waals surface area contributed by atoms with Crippen LogP contribution in [0.3, 0.4) is 0 Å². The van der Waals surface area contributed by atoms with E-state index in [0.29, 0.717) is 10.5 Å². The zero-order valence-corrected chi connectivity index (χ0v) is 12.9. The highest BCUT2D eigenvalue weighted by Crippen LogP contribution is 2.70. The lowest BCUT2D eigenvalue weighted by molar-refractivity contribution is 0.365. The number of halogens is 2. The molecule has 2 bridgehead atoms. The summed E-state index contributed by atoms with van der Waals surface area (Å²) in [6.07, 6.45) is 5.22. The summed E-state index contributed by atoms with van der Waals surface area (Å²) >= 11 is 3.26. The molecule has 108 valence electrons. The van der Waals surface area contributed by atoms with Gasteiger partial charge in [-0.2, -0.15) is 0 Å². The minimum atomic E-state index is -0.202. The SMILES string of the molecule is NNC(Cc1ccc(F)c(Br)c1)C1C2C3CCC(C3)C21. The summed E-state index contributed by atoms with van der Waals surface area (Å²) in [4.78, 5) is 0. The molecule has 0 heterocycles. The van der Waals surface area contributed by atoms with Crippen molar-refractivity contribution in [3.63, 3.8) is 0 Å². The lowest BCUT2D eigenvalue weighted by Gasteiger charge is -2.20. The fraction of sp³-hybridized carbons (Fsp3) is 0.625. The van der Waals surface area contributed by atoms with Crippen LogP contribution in [0, 0.1) is 35.4 Å². The quantitative estimate of drug-likeness (QED) is 0.653. The van der Waals surface area contributed by atoms with E-state index in [9.17, 15) is 4.39 Å². The van der Waals surface area contributed by atoms with Gasteiger partial charge in [0.1, 0.15) is 5.82 Å². The van der Waals surface area contributed by atoms with Crippen molar-refractivity contribution in [3.8, 4) is 0 Å². The Kier molecular flexibility index (Phi) is 3.17. The fourth-order valence-corrected chi connectivity index (χ4v) is 5.58. The molecule has 0 saturated heterocycles. The minimum absolute atomic E-state index is 0.202. The van der Waals surface area contributed by atoms with Gasteiger partial charge in [0, 0.05) is 6.04 Å². The summed E-state index contributed by atoms with van der Waals surface area (Å²) in [7, 11) is 0. The van der Waals surface area contributed by atoms with Crippen LogP contribution in [0.25, 0.3) is 0 Å². The molecule has 0 aliphatic heterocycles. The molecule has 3 fully saturated rings. The molecule has 0 amide bonds. The normalized spacial score (nSPS) is 38.9. The maximum absolute atomic E-state index is 13.3. The Balaban J connectivity index is 1.48. The Bertz CT molecular complexity index is 519. The van der Waals surface area contributed by atoms with E-state index in [4.69, 9.17) is 5.84 Å². The topological polar surface area (TPSA) is 38.0 Å². The Morgan fingerprint density at radius 2 is 2.00 bits per heavy atom. The van der Waals surface area contributed by atoms with Gasteiger partial charge in [-0.25, -0.2) is 4.39 Å². The third-order valence-electron chi connectivity index (χ3n) is 5.91. The molecule has 1 aromatic rings. The molecule has 3 N–H and O–H groups in total. The van der Waals surface area contributed by atoms with E-state index in [1.165, 1.54) is 25.3 Å². The minimum Gasteiger partial charge on any atom is -0.271 e. The van der Waals surface area contributed by atoms with Crippen molar-refractivity contribution >= 4 is 15.9 Å². The standard InChI is InChI=1S/C16H20BrFN2/c17-11-5-8(1-4-12(11)18)6-13(20-19)16-14-9-2-3-10(7-9)15(14)16/h1,4-5,9-10,13-16,20H,2-3,6-7,19H2. The zero-order chi connectivity index (χ0) is 13.9. The highest BCUT2D eigenvalue weighted by molar-refractivity contribution is 9.10. The lowest BCUT2D eigenvalue weighted by atomic mass is 9.94. The number of nitrogens with two attached hydrogens (primary N) is 1. The van der Waals surface area contributed by atoms with Crippen molar-refractivity contribution in [2.24, 2.45) is 35.4 Å². The monoisotopic (exact) mass is 338 g/mol. The second kappa shape index (κ2) is 4.79. The van der Waals surface area contributed by atoms with Crippen molar-refractivity contribution in [1.82, 2.24) is 5.43 Å². The molecule has 4 heteroatoms. The predicted molar refractivity (Wildman–Crippen MR) is 80.2 cm³/mol. The molecule has 3 saturated carbocycles. The molecule has 0 radical (unpaired) electrons. The maximum atomic E-state index is 13.3. The summed E-state index contributed by atoms with van der Waals surface area (Å²) in [6.45, 7) is 0. The smallest absolute Gasteiger partial charge is 0.137 e. The van der Waals surface area contributed by atoms with Crippen LogP contribution in [-0.2, 0) is 6.42 Å². The first-order valence-electron chi connectivity index (χ1n) is 7.59. The van der Waals surface area contributed by atoms with Crippen LogP contribution in [0.1, 0.15) is 24.8 Å². The number of fused-ring (bicyclic) bond motifs is 5. The molecular weight excluding hydrogens is 319 g/mol. The van der Waals surface area contributed by atoms with Crippen LogP contribution in [-0.4, -0.2) is 6.04 Å². The Hall–Kier alpha value is -0.450. The average molecular weight is 339 g/mol. The van der Waals surface area contributed by atoms with Gasteiger partial charge in [-0.15, -0.1) is 0 Å². The van der Waals surface area contributed by atoms with Crippen molar-refractivity contribution < 1.29 is 4.39 Å². The molecule has 0 spiro atoms. The molecular formula is C16H20BrFN2. The summed E-state index contributed by atoms with van der Waals surface area (Å²) in [5.74, 6) is 10.1. The van der Waals surface area contributed by atoms with Crippen LogP contribution in [0.15, 0.2) is 22.7 Å². The third kappa shape index (κ3) is 1.96. The van der Waals surface area contributed by atoms with E-state index < -0.39 is 0 Å². The number of benzene rings is 1. The molecule has 5 unspecified atom stereocenters. The molecule has 4 rings (SSSR count). The summed E-state index contributed by atoms with van der Waals surface area (Å²) < 4.78 is 13.8. The van der Waals surface area contributed by atoms with Gasteiger partial charge < -0.3 is 0 Å². The van der Waals surface area contributed by atoms with Gasteiger partial charge in [0.15, 0.2) is 0 Å². The molecule has 0 aromatic heterocycles. The zero-order valence-electron chi connectivity index (χ0n) is 11.4. The van der Waals surface area contributed by atoms with Gasteiger partial charge in [0.2, 0.25) is 0 Å². The predicted octanol–water partition coefficient (Wildman–Crippen LogP) is 3.25. The first-order valence-corrected chi connectivity index (χ1v) is 8.38. The molecule has 1 aromatic carbocycles.